The molecule has 0 fully saturated rings. The summed E-state index contributed by atoms with van der Waals surface area (Å²) in [6.07, 6.45) is -1.77. The van der Waals surface area contributed by atoms with Crippen molar-refractivity contribution >= 4 is 46.4 Å². The Balaban J connectivity index is 3.44. The van der Waals surface area contributed by atoms with Crippen LogP contribution in [-0.2, 0) is 0 Å². The van der Waals surface area contributed by atoms with Crippen LogP contribution in [0, 0.1) is 0 Å². The van der Waals surface area contributed by atoms with Gasteiger partial charge in [0, 0.05) is 5.56 Å². The molecule has 1 aromatic carbocycles. The SMILES string of the molecule is OC(O)c1c(Cl)cc(Cl)c(Cl)c1Cl. The lowest BCUT2D eigenvalue weighted by Gasteiger charge is -2.10. The molecule has 0 aromatic heterocycles. The maximum atomic E-state index is 8.89. The summed E-state index contributed by atoms with van der Waals surface area (Å²) in [7, 11) is 0. The minimum Gasteiger partial charge on any atom is -0.364 e. The summed E-state index contributed by atoms with van der Waals surface area (Å²) in [6, 6.07) is 1.30. The molecule has 13 heavy (non-hydrogen) atoms. The summed E-state index contributed by atoms with van der Waals surface area (Å²) in [4.78, 5) is 0. The highest BCUT2D eigenvalue weighted by atomic mass is 35.5. The van der Waals surface area contributed by atoms with Crippen molar-refractivity contribution in [2.24, 2.45) is 0 Å². The zero-order valence-corrected chi connectivity index (χ0v) is 9.08. The van der Waals surface area contributed by atoms with Crippen molar-refractivity contribution in [3.63, 3.8) is 0 Å². The van der Waals surface area contributed by atoms with Crippen LogP contribution in [0.1, 0.15) is 11.9 Å². The molecule has 1 aromatic rings. The smallest absolute Gasteiger partial charge is 0.181 e. The quantitative estimate of drug-likeness (QED) is 0.463. The number of benzene rings is 1. The Kier molecular flexibility index (Phi) is 3.69. The van der Waals surface area contributed by atoms with Crippen LogP contribution in [0.3, 0.4) is 0 Å². The molecule has 6 heteroatoms. The van der Waals surface area contributed by atoms with Crippen molar-refractivity contribution in [1.29, 1.82) is 0 Å². The van der Waals surface area contributed by atoms with Gasteiger partial charge in [-0.3, -0.25) is 0 Å². The maximum Gasteiger partial charge on any atom is 0.181 e. The standard InChI is InChI=1S/C7H4Cl4O2/c8-2-1-3(9)5(10)6(11)4(2)7(12)13/h1,7,12-13H. The summed E-state index contributed by atoms with van der Waals surface area (Å²) >= 11 is 22.6. The molecule has 1 rings (SSSR count). The molecule has 0 aliphatic rings. The topological polar surface area (TPSA) is 40.5 Å². The summed E-state index contributed by atoms with van der Waals surface area (Å²) < 4.78 is 0. The van der Waals surface area contributed by atoms with Crippen LogP contribution in [0.25, 0.3) is 0 Å². The average Bonchev–Trinajstić information content (AvgIpc) is 1.99. The molecule has 0 bridgehead atoms. The Hall–Kier alpha value is 0.300. The molecule has 0 aliphatic carbocycles. The third kappa shape index (κ3) is 2.21. The van der Waals surface area contributed by atoms with E-state index in [1.165, 1.54) is 6.07 Å². The molecule has 0 unspecified atom stereocenters. The number of aliphatic hydroxyl groups is 2. The van der Waals surface area contributed by atoms with Crippen molar-refractivity contribution in [2.75, 3.05) is 0 Å². The molecular weight excluding hydrogens is 258 g/mol. The highest BCUT2D eigenvalue weighted by Gasteiger charge is 2.18. The van der Waals surface area contributed by atoms with E-state index in [0.29, 0.717) is 0 Å². The van der Waals surface area contributed by atoms with E-state index in [4.69, 9.17) is 56.6 Å². The van der Waals surface area contributed by atoms with E-state index in [1.807, 2.05) is 0 Å². The van der Waals surface area contributed by atoms with E-state index < -0.39 is 6.29 Å². The number of halogens is 4. The van der Waals surface area contributed by atoms with Gasteiger partial charge in [-0.2, -0.15) is 0 Å². The van der Waals surface area contributed by atoms with Gasteiger partial charge >= 0.3 is 0 Å². The first-order valence-corrected chi connectivity index (χ1v) is 4.65. The lowest BCUT2D eigenvalue weighted by molar-refractivity contribution is -0.0422. The normalized spacial score (nSPS) is 11.0. The molecule has 0 atom stereocenters. The average molecular weight is 262 g/mol. The van der Waals surface area contributed by atoms with Crippen LogP contribution >= 0.6 is 46.4 Å². The fourth-order valence-electron chi connectivity index (χ4n) is 0.817. The van der Waals surface area contributed by atoms with Gasteiger partial charge in [0.15, 0.2) is 6.29 Å². The van der Waals surface area contributed by atoms with Gasteiger partial charge in [-0.15, -0.1) is 0 Å². The minimum absolute atomic E-state index is 0.0438. The maximum absolute atomic E-state index is 8.89. The molecule has 0 amide bonds. The second-order valence-corrected chi connectivity index (χ2v) is 3.83. The third-order valence-corrected chi connectivity index (χ3v) is 3.00. The van der Waals surface area contributed by atoms with Gasteiger partial charge in [0.1, 0.15) is 0 Å². The second-order valence-electron chi connectivity index (χ2n) is 2.26. The first-order chi connectivity index (χ1) is 5.95. The minimum atomic E-state index is -1.77. The Morgan fingerprint density at radius 1 is 0.923 bits per heavy atom. The molecule has 0 saturated heterocycles. The van der Waals surface area contributed by atoms with Crippen molar-refractivity contribution in [3.8, 4) is 0 Å². The first-order valence-electron chi connectivity index (χ1n) is 3.14. The van der Waals surface area contributed by atoms with Gasteiger partial charge in [0.05, 0.1) is 20.1 Å². The Morgan fingerprint density at radius 3 is 1.92 bits per heavy atom. The van der Waals surface area contributed by atoms with Gasteiger partial charge in [-0.1, -0.05) is 46.4 Å². The number of aliphatic hydroxyl groups excluding tert-OH is 1. The monoisotopic (exact) mass is 260 g/mol. The van der Waals surface area contributed by atoms with Gasteiger partial charge < -0.3 is 10.2 Å². The highest BCUT2D eigenvalue weighted by Crippen LogP contribution is 2.39. The van der Waals surface area contributed by atoms with Crippen molar-refractivity contribution in [1.82, 2.24) is 0 Å². The molecular formula is C7H4Cl4O2. The number of rotatable bonds is 1. The van der Waals surface area contributed by atoms with Crippen LogP contribution in [0.2, 0.25) is 20.1 Å². The van der Waals surface area contributed by atoms with Gasteiger partial charge in [-0.05, 0) is 6.07 Å². The summed E-state index contributed by atoms with van der Waals surface area (Å²) in [6.45, 7) is 0. The lowest BCUT2D eigenvalue weighted by Crippen LogP contribution is -1.97. The Bertz CT molecular complexity index is 338. The zero-order chi connectivity index (χ0) is 10.2. The van der Waals surface area contributed by atoms with Gasteiger partial charge in [-0.25, -0.2) is 0 Å². The Labute approximate surface area is 94.6 Å². The molecule has 2 N–H and O–H groups in total. The van der Waals surface area contributed by atoms with Crippen molar-refractivity contribution in [3.05, 3.63) is 31.7 Å². The fourth-order valence-corrected chi connectivity index (χ4v) is 1.93. The fraction of sp³-hybridized carbons (Fsp3) is 0.143. The van der Waals surface area contributed by atoms with Crippen LogP contribution in [0.5, 0.6) is 0 Å². The highest BCUT2D eigenvalue weighted by molar-refractivity contribution is 6.49. The number of hydrogen-bond donors (Lipinski definition) is 2. The largest absolute Gasteiger partial charge is 0.364 e. The van der Waals surface area contributed by atoms with E-state index in [0.717, 1.165) is 0 Å². The van der Waals surface area contributed by atoms with Crippen LogP contribution < -0.4 is 0 Å². The molecule has 0 radical (unpaired) electrons. The number of hydrogen-bond acceptors (Lipinski definition) is 2. The molecule has 0 spiro atoms. The molecule has 2 nitrogen and oxygen atoms in total. The zero-order valence-electron chi connectivity index (χ0n) is 6.06. The van der Waals surface area contributed by atoms with E-state index in [1.54, 1.807) is 0 Å². The lowest BCUT2D eigenvalue weighted by atomic mass is 10.2. The predicted molar refractivity (Wildman–Crippen MR) is 53.7 cm³/mol. The van der Waals surface area contributed by atoms with E-state index in [-0.39, 0.29) is 25.7 Å². The van der Waals surface area contributed by atoms with E-state index >= 15 is 0 Å². The van der Waals surface area contributed by atoms with Crippen molar-refractivity contribution < 1.29 is 10.2 Å². The van der Waals surface area contributed by atoms with Gasteiger partial charge in [0.2, 0.25) is 0 Å². The second kappa shape index (κ2) is 4.22. The van der Waals surface area contributed by atoms with Gasteiger partial charge in [0.25, 0.3) is 0 Å². The molecule has 72 valence electrons. The van der Waals surface area contributed by atoms with E-state index in [9.17, 15) is 0 Å². The molecule has 0 heterocycles. The summed E-state index contributed by atoms with van der Waals surface area (Å²) in [5.74, 6) is 0. The van der Waals surface area contributed by atoms with Crippen LogP contribution in [0.15, 0.2) is 6.07 Å². The van der Waals surface area contributed by atoms with Crippen LogP contribution in [-0.4, -0.2) is 10.2 Å². The van der Waals surface area contributed by atoms with Crippen LogP contribution in [0.4, 0.5) is 0 Å². The summed E-state index contributed by atoms with van der Waals surface area (Å²) in [5.41, 5.74) is -0.0438. The molecule has 0 aliphatic heterocycles. The molecule has 0 saturated carbocycles. The van der Waals surface area contributed by atoms with Crippen molar-refractivity contribution in [2.45, 2.75) is 6.29 Å². The summed E-state index contributed by atoms with van der Waals surface area (Å²) in [5, 5.41) is 18.0. The third-order valence-electron chi connectivity index (χ3n) is 1.41. The van der Waals surface area contributed by atoms with E-state index in [2.05, 4.69) is 0 Å². The first kappa shape index (κ1) is 11.4. The Morgan fingerprint density at radius 2 is 1.46 bits per heavy atom. The predicted octanol–water partition coefficient (Wildman–Crippen LogP) is 3.28.